The summed E-state index contributed by atoms with van der Waals surface area (Å²) >= 11 is 1.53. The maximum absolute atomic E-state index is 11.3. The van der Waals surface area contributed by atoms with E-state index < -0.39 is 6.04 Å². The summed E-state index contributed by atoms with van der Waals surface area (Å²) in [6.07, 6.45) is 0. The van der Waals surface area contributed by atoms with Crippen molar-refractivity contribution in [3.05, 3.63) is 0 Å². The zero-order valence-corrected chi connectivity index (χ0v) is 9.73. The van der Waals surface area contributed by atoms with Crippen molar-refractivity contribution in [2.24, 2.45) is 0 Å². The first kappa shape index (κ1) is 13.7. The molecule has 0 atom stereocenters. The summed E-state index contributed by atoms with van der Waals surface area (Å²) in [5, 5.41) is 20.0. The van der Waals surface area contributed by atoms with Crippen LogP contribution < -0.4 is 5.32 Å². The van der Waals surface area contributed by atoms with E-state index in [1.807, 2.05) is 20.8 Å². The fraction of sp³-hybridized carbons (Fsp3) is 0.889. The number of carbonyl (C=O) groups is 1. The van der Waals surface area contributed by atoms with Gasteiger partial charge in [0.25, 0.3) is 0 Å². The van der Waals surface area contributed by atoms with Crippen LogP contribution in [0.1, 0.15) is 20.8 Å². The smallest absolute Gasteiger partial charge is 0.230 e. The fourth-order valence-electron chi connectivity index (χ4n) is 0.700. The Hall–Kier alpha value is -0.260. The van der Waals surface area contributed by atoms with Gasteiger partial charge in [0, 0.05) is 4.75 Å². The molecular weight excluding hydrogens is 202 g/mol. The third kappa shape index (κ3) is 7.17. The van der Waals surface area contributed by atoms with Gasteiger partial charge in [0.1, 0.15) is 0 Å². The number of amides is 1. The quantitative estimate of drug-likeness (QED) is 0.610. The lowest BCUT2D eigenvalue weighted by Gasteiger charge is -2.18. The molecule has 14 heavy (non-hydrogen) atoms. The molecule has 3 N–H and O–H groups in total. The molecule has 5 heteroatoms. The van der Waals surface area contributed by atoms with Gasteiger partial charge < -0.3 is 15.5 Å². The van der Waals surface area contributed by atoms with E-state index in [1.165, 1.54) is 11.8 Å². The highest BCUT2D eigenvalue weighted by Gasteiger charge is 2.15. The predicted octanol–water partition coefficient (Wildman–Crippen LogP) is -0.0125. The zero-order valence-electron chi connectivity index (χ0n) is 8.91. The van der Waals surface area contributed by atoms with E-state index in [2.05, 4.69) is 5.32 Å². The molecule has 0 rings (SSSR count). The lowest BCUT2D eigenvalue weighted by molar-refractivity contribution is -0.119. The molecule has 0 saturated carbocycles. The SMILES string of the molecule is CC(C)(C)SCC(=O)NC(CO)CO. The largest absolute Gasteiger partial charge is 0.394 e. The van der Waals surface area contributed by atoms with Crippen molar-refractivity contribution in [3.8, 4) is 0 Å². The minimum Gasteiger partial charge on any atom is -0.394 e. The van der Waals surface area contributed by atoms with Crippen LogP contribution in [0.2, 0.25) is 0 Å². The van der Waals surface area contributed by atoms with Gasteiger partial charge in [0.2, 0.25) is 5.91 Å². The second-order valence-corrected chi connectivity index (χ2v) is 5.83. The summed E-state index contributed by atoms with van der Waals surface area (Å²) < 4.78 is 0.0469. The van der Waals surface area contributed by atoms with Crippen LogP contribution in [-0.4, -0.2) is 45.9 Å². The van der Waals surface area contributed by atoms with Gasteiger partial charge >= 0.3 is 0 Å². The maximum atomic E-state index is 11.3. The average Bonchev–Trinajstić information content (AvgIpc) is 2.09. The first-order valence-electron chi connectivity index (χ1n) is 4.54. The minimum absolute atomic E-state index is 0.0469. The molecule has 0 saturated heterocycles. The average molecular weight is 221 g/mol. The van der Waals surface area contributed by atoms with Crippen LogP contribution in [0.3, 0.4) is 0 Å². The van der Waals surface area contributed by atoms with Crippen LogP contribution in [0.5, 0.6) is 0 Å². The molecule has 0 aromatic heterocycles. The highest BCUT2D eigenvalue weighted by Crippen LogP contribution is 2.22. The molecule has 0 radical (unpaired) electrons. The van der Waals surface area contributed by atoms with Gasteiger partial charge in [-0.1, -0.05) is 20.8 Å². The Kier molecular flexibility index (Phi) is 6.15. The Labute approximate surface area is 89.1 Å². The van der Waals surface area contributed by atoms with Crippen molar-refractivity contribution in [1.82, 2.24) is 5.32 Å². The van der Waals surface area contributed by atoms with Gasteiger partial charge in [-0.25, -0.2) is 0 Å². The molecule has 0 aliphatic carbocycles. The summed E-state index contributed by atoms with van der Waals surface area (Å²) in [5.41, 5.74) is 0. The molecule has 0 aromatic rings. The lowest BCUT2D eigenvalue weighted by Crippen LogP contribution is -2.41. The van der Waals surface area contributed by atoms with Gasteiger partial charge in [-0.15, -0.1) is 11.8 Å². The fourth-order valence-corrected chi connectivity index (χ4v) is 1.35. The minimum atomic E-state index is -0.539. The molecule has 84 valence electrons. The maximum Gasteiger partial charge on any atom is 0.230 e. The molecule has 4 nitrogen and oxygen atoms in total. The second kappa shape index (κ2) is 6.27. The zero-order chi connectivity index (χ0) is 11.2. The number of hydrogen-bond donors (Lipinski definition) is 3. The molecular formula is C9H19NO3S. The molecule has 0 aliphatic rings. The highest BCUT2D eigenvalue weighted by molar-refractivity contribution is 8.01. The molecule has 0 spiro atoms. The van der Waals surface area contributed by atoms with Crippen molar-refractivity contribution in [1.29, 1.82) is 0 Å². The van der Waals surface area contributed by atoms with Gasteiger partial charge in [-0.05, 0) is 0 Å². The number of rotatable bonds is 5. The van der Waals surface area contributed by atoms with Gasteiger partial charge in [0.05, 0.1) is 25.0 Å². The summed E-state index contributed by atoms with van der Waals surface area (Å²) in [6.45, 7) is 5.62. The Morgan fingerprint density at radius 2 is 1.86 bits per heavy atom. The van der Waals surface area contributed by atoms with E-state index >= 15 is 0 Å². The number of aliphatic hydroxyl groups excluding tert-OH is 2. The summed E-state index contributed by atoms with van der Waals surface area (Å²) in [5.74, 6) is 0.193. The summed E-state index contributed by atoms with van der Waals surface area (Å²) in [4.78, 5) is 11.3. The third-order valence-electron chi connectivity index (χ3n) is 1.44. The first-order valence-corrected chi connectivity index (χ1v) is 5.52. The normalized spacial score (nSPS) is 11.9. The van der Waals surface area contributed by atoms with E-state index in [4.69, 9.17) is 10.2 Å². The molecule has 1 amide bonds. The Morgan fingerprint density at radius 1 is 1.36 bits per heavy atom. The Morgan fingerprint density at radius 3 is 2.21 bits per heavy atom. The van der Waals surface area contributed by atoms with Crippen LogP contribution in [0.15, 0.2) is 0 Å². The van der Waals surface area contributed by atoms with E-state index in [0.717, 1.165) is 0 Å². The van der Waals surface area contributed by atoms with Crippen LogP contribution in [0, 0.1) is 0 Å². The van der Waals surface area contributed by atoms with Crippen LogP contribution in [0.25, 0.3) is 0 Å². The summed E-state index contributed by atoms with van der Waals surface area (Å²) in [6, 6.07) is -0.539. The number of thioether (sulfide) groups is 1. The molecule has 0 fully saturated rings. The van der Waals surface area contributed by atoms with E-state index in [0.29, 0.717) is 5.75 Å². The van der Waals surface area contributed by atoms with Crippen molar-refractivity contribution in [3.63, 3.8) is 0 Å². The Balaban J connectivity index is 3.75. The number of aliphatic hydroxyl groups is 2. The van der Waals surface area contributed by atoms with Gasteiger partial charge in [-0.2, -0.15) is 0 Å². The standard InChI is InChI=1S/C9H19NO3S/c1-9(2,3)14-6-8(13)10-7(4-11)5-12/h7,11-12H,4-6H2,1-3H3,(H,10,13). The highest BCUT2D eigenvalue weighted by atomic mass is 32.2. The molecule has 0 heterocycles. The van der Waals surface area contributed by atoms with E-state index in [-0.39, 0.29) is 23.9 Å². The van der Waals surface area contributed by atoms with Crippen molar-refractivity contribution in [2.75, 3.05) is 19.0 Å². The topological polar surface area (TPSA) is 69.6 Å². The number of hydrogen-bond acceptors (Lipinski definition) is 4. The lowest BCUT2D eigenvalue weighted by atomic mass is 10.3. The number of nitrogens with one attached hydrogen (secondary N) is 1. The molecule has 0 aromatic carbocycles. The molecule has 0 aliphatic heterocycles. The van der Waals surface area contributed by atoms with E-state index in [1.54, 1.807) is 0 Å². The van der Waals surface area contributed by atoms with Crippen molar-refractivity contribution >= 4 is 17.7 Å². The second-order valence-electron chi connectivity index (χ2n) is 4.03. The first-order chi connectivity index (χ1) is 6.39. The van der Waals surface area contributed by atoms with Gasteiger partial charge in [-0.3, -0.25) is 4.79 Å². The Bertz CT molecular complexity index is 175. The van der Waals surface area contributed by atoms with Crippen LogP contribution in [0.4, 0.5) is 0 Å². The monoisotopic (exact) mass is 221 g/mol. The third-order valence-corrected chi connectivity index (χ3v) is 2.71. The molecule has 0 unspecified atom stereocenters. The summed E-state index contributed by atoms with van der Waals surface area (Å²) in [7, 11) is 0. The molecule has 0 bridgehead atoms. The predicted molar refractivity (Wildman–Crippen MR) is 58.3 cm³/mol. The van der Waals surface area contributed by atoms with Crippen LogP contribution >= 0.6 is 11.8 Å². The van der Waals surface area contributed by atoms with Crippen molar-refractivity contribution < 1.29 is 15.0 Å². The van der Waals surface area contributed by atoms with Gasteiger partial charge in [0.15, 0.2) is 0 Å². The van der Waals surface area contributed by atoms with Crippen LogP contribution in [-0.2, 0) is 4.79 Å². The number of carbonyl (C=O) groups excluding carboxylic acids is 1. The van der Waals surface area contributed by atoms with E-state index in [9.17, 15) is 4.79 Å². The van der Waals surface area contributed by atoms with Crippen molar-refractivity contribution in [2.45, 2.75) is 31.6 Å².